The summed E-state index contributed by atoms with van der Waals surface area (Å²) in [5, 5.41) is 8.23. The molecule has 2 aromatic rings. The van der Waals surface area contributed by atoms with Gasteiger partial charge < -0.3 is 4.90 Å². The maximum absolute atomic E-state index is 8.23. The Hall–Kier alpha value is -2.43. The predicted octanol–water partition coefficient (Wildman–Crippen LogP) is 2.36. The van der Waals surface area contributed by atoms with Gasteiger partial charge in [-0.25, -0.2) is 9.97 Å². The van der Waals surface area contributed by atoms with Crippen LogP contribution in [0, 0.1) is 5.41 Å². The summed E-state index contributed by atoms with van der Waals surface area (Å²) >= 11 is 0. The average Bonchev–Trinajstić information content (AvgIpc) is 3.28. The number of aromatic nitrogens is 2. The van der Waals surface area contributed by atoms with Gasteiger partial charge in [-0.2, -0.15) is 0 Å². The minimum Gasteiger partial charge on any atom is -0.338 e. The molecule has 106 valence electrons. The van der Waals surface area contributed by atoms with E-state index in [1.807, 2.05) is 54.7 Å². The van der Waals surface area contributed by atoms with Gasteiger partial charge in [-0.15, -0.1) is 0 Å². The molecule has 1 saturated heterocycles. The number of hydrogen-bond donors (Lipinski definition) is 1. The number of nitrogens with one attached hydrogen (secondary N) is 1. The van der Waals surface area contributed by atoms with Crippen molar-refractivity contribution in [3.05, 3.63) is 42.7 Å². The molecule has 1 aromatic heterocycles. The normalized spacial score (nSPS) is 19.4. The third kappa shape index (κ3) is 1.88. The molecule has 5 nitrogen and oxygen atoms in total. The van der Waals surface area contributed by atoms with E-state index in [4.69, 9.17) is 5.41 Å². The number of anilines is 1. The smallest absolute Gasteiger partial charge is 0.232 e. The lowest BCUT2D eigenvalue weighted by Crippen LogP contribution is -2.33. The van der Waals surface area contributed by atoms with Crippen LogP contribution in [0.3, 0.4) is 0 Å². The van der Waals surface area contributed by atoms with E-state index in [0.717, 1.165) is 30.5 Å². The molecule has 0 unspecified atom stereocenters. The standard InChI is InChI=1S/C16H17N5/c1-20-14(17)21(11-16(20)7-8-16)15-18-9-13(10-19-15)12-5-3-2-4-6-12/h2-6,9-10,17H,7-8,11H2,1H3. The van der Waals surface area contributed by atoms with Crippen LogP contribution in [-0.4, -0.2) is 40.0 Å². The van der Waals surface area contributed by atoms with E-state index in [1.54, 1.807) is 0 Å². The summed E-state index contributed by atoms with van der Waals surface area (Å²) in [6.07, 6.45) is 5.99. The predicted molar refractivity (Wildman–Crippen MR) is 82.3 cm³/mol. The second-order valence-corrected chi connectivity index (χ2v) is 5.83. The molecule has 2 aliphatic rings. The quantitative estimate of drug-likeness (QED) is 0.917. The van der Waals surface area contributed by atoms with Crippen LogP contribution < -0.4 is 4.90 Å². The van der Waals surface area contributed by atoms with E-state index >= 15 is 0 Å². The van der Waals surface area contributed by atoms with Gasteiger partial charge in [0.2, 0.25) is 11.9 Å². The van der Waals surface area contributed by atoms with Crippen LogP contribution in [0.4, 0.5) is 5.95 Å². The van der Waals surface area contributed by atoms with E-state index in [1.165, 1.54) is 0 Å². The highest BCUT2D eigenvalue weighted by molar-refractivity contribution is 5.95. The van der Waals surface area contributed by atoms with Crippen LogP contribution in [0.5, 0.6) is 0 Å². The molecule has 0 atom stereocenters. The number of nitrogens with zero attached hydrogens (tertiary/aromatic N) is 4. The van der Waals surface area contributed by atoms with Gasteiger partial charge in [-0.3, -0.25) is 10.3 Å². The second-order valence-electron chi connectivity index (χ2n) is 5.83. The number of benzene rings is 1. The molecule has 5 heteroatoms. The van der Waals surface area contributed by atoms with Gasteiger partial charge in [-0.1, -0.05) is 30.3 Å². The summed E-state index contributed by atoms with van der Waals surface area (Å²) in [7, 11) is 1.99. The minimum absolute atomic E-state index is 0.165. The Morgan fingerprint density at radius 1 is 1.05 bits per heavy atom. The molecular formula is C16H17N5. The maximum atomic E-state index is 8.23. The molecule has 4 rings (SSSR count). The van der Waals surface area contributed by atoms with E-state index in [0.29, 0.717) is 11.9 Å². The number of likely N-dealkylation sites (N-methyl/N-ethyl adjacent to an activating group) is 1. The van der Waals surface area contributed by atoms with Gasteiger partial charge in [0.1, 0.15) is 0 Å². The lowest BCUT2D eigenvalue weighted by molar-refractivity contribution is 0.391. The summed E-state index contributed by atoms with van der Waals surface area (Å²) in [5.74, 6) is 1.12. The van der Waals surface area contributed by atoms with E-state index in [9.17, 15) is 0 Å². The molecule has 1 N–H and O–H groups in total. The fourth-order valence-electron chi connectivity index (χ4n) is 2.92. The van der Waals surface area contributed by atoms with Crippen LogP contribution in [0.2, 0.25) is 0 Å². The molecule has 1 saturated carbocycles. The summed E-state index contributed by atoms with van der Waals surface area (Å²) < 4.78 is 0. The first-order chi connectivity index (χ1) is 10.2. The highest BCUT2D eigenvalue weighted by Crippen LogP contribution is 2.46. The average molecular weight is 279 g/mol. The van der Waals surface area contributed by atoms with E-state index in [2.05, 4.69) is 14.9 Å². The zero-order valence-corrected chi connectivity index (χ0v) is 12.0. The Labute approximate surface area is 123 Å². The van der Waals surface area contributed by atoms with Gasteiger partial charge in [-0.05, 0) is 18.4 Å². The van der Waals surface area contributed by atoms with Crippen molar-refractivity contribution in [3.63, 3.8) is 0 Å². The first-order valence-electron chi connectivity index (χ1n) is 7.17. The molecule has 1 spiro atoms. The van der Waals surface area contributed by atoms with Gasteiger partial charge in [0.15, 0.2) is 0 Å². The summed E-state index contributed by atoms with van der Waals surface area (Å²) in [5.41, 5.74) is 2.27. The Morgan fingerprint density at radius 3 is 2.29 bits per heavy atom. The minimum atomic E-state index is 0.165. The molecule has 21 heavy (non-hydrogen) atoms. The van der Waals surface area contributed by atoms with Gasteiger partial charge in [0.05, 0.1) is 12.1 Å². The fourth-order valence-corrected chi connectivity index (χ4v) is 2.92. The molecule has 0 amide bonds. The van der Waals surface area contributed by atoms with Gasteiger partial charge in [0, 0.05) is 25.0 Å². The topological polar surface area (TPSA) is 56.1 Å². The Bertz CT molecular complexity index is 676. The van der Waals surface area contributed by atoms with Crippen LogP contribution in [-0.2, 0) is 0 Å². The molecule has 0 bridgehead atoms. The highest BCUT2D eigenvalue weighted by atomic mass is 15.5. The second kappa shape index (κ2) is 4.28. The molecule has 2 fully saturated rings. The Balaban J connectivity index is 1.61. The van der Waals surface area contributed by atoms with Crippen molar-refractivity contribution in [2.75, 3.05) is 18.5 Å². The Kier molecular flexibility index (Phi) is 2.51. The van der Waals surface area contributed by atoms with Crippen LogP contribution in [0.15, 0.2) is 42.7 Å². The number of rotatable bonds is 2. The van der Waals surface area contributed by atoms with Crippen molar-refractivity contribution in [2.45, 2.75) is 18.4 Å². The highest BCUT2D eigenvalue weighted by Gasteiger charge is 2.55. The number of hydrogen-bond acceptors (Lipinski definition) is 3. The van der Waals surface area contributed by atoms with Crippen molar-refractivity contribution >= 4 is 11.9 Å². The summed E-state index contributed by atoms with van der Waals surface area (Å²) in [4.78, 5) is 12.9. The van der Waals surface area contributed by atoms with Crippen LogP contribution in [0.25, 0.3) is 11.1 Å². The molecule has 1 aliphatic heterocycles. The fraction of sp³-hybridized carbons (Fsp3) is 0.312. The maximum Gasteiger partial charge on any atom is 0.232 e. The third-order valence-corrected chi connectivity index (χ3v) is 4.55. The van der Waals surface area contributed by atoms with E-state index in [-0.39, 0.29) is 5.54 Å². The van der Waals surface area contributed by atoms with Crippen LogP contribution >= 0.6 is 0 Å². The monoisotopic (exact) mass is 279 g/mol. The summed E-state index contributed by atoms with van der Waals surface area (Å²) in [6.45, 7) is 0.826. The van der Waals surface area contributed by atoms with Crippen molar-refractivity contribution in [1.29, 1.82) is 5.41 Å². The lowest BCUT2D eigenvalue weighted by atomic mass is 10.1. The molecule has 1 aromatic carbocycles. The van der Waals surface area contributed by atoms with Crippen molar-refractivity contribution in [3.8, 4) is 11.1 Å². The van der Waals surface area contributed by atoms with Crippen LogP contribution in [0.1, 0.15) is 12.8 Å². The largest absolute Gasteiger partial charge is 0.338 e. The van der Waals surface area contributed by atoms with Crippen molar-refractivity contribution < 1.29 is 0 Å². The molecule has 1 aliphatic carbocycles. The zero-order valence-electron chi connectivity index (χ0n) is 12.0. The molecule has 2 heterocycles. The van der Waals surface area contributed by atoms with Crippen molar-refractivity contribution in [1.82, 2.24) is 14.9 Å². The first-order valence-corrected chi connectivity index (χ1v) is 7.17. The SMILES string of the molecule is CN1C(=N)N(c2ncc(-c3ccccc3)cn2)CC12CC2. The Morgan fingerprint density at radius 2 is 1.71 bits per heavy atom. The zero-order chi connectivity index (χ0) is 14.4. The third-order valence-electron chi connectivity index (χ3n) is 4.55. The summed E-state index contributed by atoms with van der Waals surface area (Å²) in [6, 6.07) is 10.1. The van der Waals surface area contributed by atoms with Crippen molar-refractivity contribution in [2.24, 2.45) is 0 Å². The lowest BCUT2D eigenvalue weighted by Gasteiger charge is -2.18. The first kappa shape index (κ1) is 12.3. The molecule has 0 radical (unpaired) electrons. The van der Waals surface area contributed by atoms with Gasteiger partial charge in [0.25, 0.3) is 0 Å². The number of guanidine groups is 1. The van der Waals surface area contributed by atoms with E-state index < -0.39 is 0 Å². The van der Waals surface area contributed by atoms with Gasteiger partial charge >= 0.3 is 0 Å². The molecular weight excluding hydrogens is 262 g/mol.